The molecular weight excluding hydrogens is 300 g/mol. The van der Waals surface area contributed by atoms with Gasteiger partial charge in [0.25, 0.3) is 0 Å². The first-order chi connectivity index (χ1) is 11.6. The third kappa shape index (κ3) is 4.26. The molecule has 1 fully saturated rings. The predicted molar refractivity (Wildman–Crippen MR) is 96.9 cm³/mol. The summed E-state index contributed by atoms with van der Waals surface area (Å²) in [5.41, 5.74) is 3.63. The lowest BCUT2D eigenvalue weighted by Gasteiger charge is -2.32. The van der Waals surface area contributed by atoms with E-state index in [4.69, 9.17) is 4.74 Å². The molecule has 1 aromatic heterocycles. The number of benzene rings is 1. The van der Waals surface area contributed by atoms with E-state index >= 15 is 0 Å². The normalized spacial score (nSPS) is 16.2. The van der Waals surface area contributed by atoms with E-state index in [2.05, 4.69) is 41.9 Å². The number of aromatic nitrogens is 1. The highest BCUT2D eigenvalue weighted by molar-refractivity contribution is 5.35. The maximum Gasteiger partial charge on any atom is 0.248 e. The van der Waals surface area contributed by atoms with Gasteiger partial charge in [-0.05, 0) is 69.0 Å². The third-order valence-corrected chi connectivity index (χ3v) is 4.85. The SMILES string of the molecule is Cc1ccc(OCCN2CCC(c3cc[nH]c(=O)c3)CC2)c(C)c1. The molecule has 3 rings (SSSR count). The Bertz CT molecular complexity index is 730. The summed E-state index contributed by atoms with van der Waals surface area (Å²) in [6.07, 6.45) is 3.96. The number of H-pyrrole nitrogens is 1. The second-order valence-corrected chi connectivity index (χ2v) is 6.72. The van der Waals surface area contributed by atoms with E-state index in [1.54, 1.807) is 12.3 Å². The Hall–Kier alpha value is -2.07. The number of nitrogens with zero attached hydrogens (tertiary/aromatic N) is 1. The van der Waals surface area contributed by atoms with Gasteiger partial charge in [-0.1, -0.05) is 17.7 Å². The zero-order chi connectivity index (χ0) is 16.9. The quantitative estimate of drug-likeness (QED) is 0.917. The van der Waals surface area contributed by atoms with Gasteiger partial charge in [0.1, 0.15) is 12.4 Å². The number of pyridine rings is 1. The van der Waals surface area contributed by atoms with Crippen LogP contribution < -0.4 is 10.3 Å². The molecule has 4 nitrogen and oxygen atoms in total. The monoisotopic (exact) mass is 326 g/mol. The molecule has 1 aliphatic rings. The highest BCUT2D eigenvalue weighted by Crippen LogP contribution is 2.26. The van der Waals surface area contributed by atoms with Gasteiger partial charge in [0.15, 0.2) is 0 Å². The lowest BCUT2D eigenvalue weighted by atomic mass is 9.90. The average molecular weight is 326 g/mol. The van der Waals surface area contributed by atoms with Crippen LogP contribution in [0.15, 0.2) is 41.3 Å². The van der Waals surface area contributed by atoms with Crippen molar-refractivity contribution in [3.8, 4) is 5.75 Å². The van der Waals surface area contributed by atoms with Crippen LogP contribution in [-0.4, -0.2) is 36.1 Å². The first kappa shape index (κ1) is 16.8. The molecule has 24 heavy (non-hydrogen) atoms. The van der Waals surface area contributed by atoms with Crippen molar-refractivity contribution in [2.75, 3.05) is 26.2 Å². The van der Waals surface area contributed by atoms with E-state index in [1.165, 1.54) is 16.7 Å². The molecule has 1 aliphatic heterocycles. The summed E-state index contributed by atoms with van der Waals surface area (Å²) in [6.45, 7) is 7.99. The van der Waals surface area contributed by atoms with Crippen LogP contribution in [0.2, 0.25) is 0 Å². The Balaban J connectivity index is 1.45. The third-order valence-electron chi connectivity index (χ3n) is 4.85. The summed E-state index contributed by atoms with van der Waals surface area (Å²) in [5.74, 6) is 1.49. The maximum atomic E-state index is 11.4. The van der Waals surface area contributed by atoms with Crippen molar-refractivity contribution in [3.63, 3.8) is 0 Å². The van der Waals surface area contributed by atoms with Gasteiger partial charge >= 0.3 is 0 Å². The van der Waals surface area contributed by atoms with Gasteiger partial charge in [-0.15, -0.1) is 0 Å². The Morgan fingerprint density at radius 2 is 1.96 bits per heavy atom. The number of nitrogens with one attached hydrogen (secondary N) is 1. The summed E-state index contributed by atoms with van der Waals surface area (Å²) in [4.78, 5) is 16.6. The van der Waals surface area contributed by atoms with Gasteiger partial charge in [-0.2, -0.15) is 0 Å². The van der Waals surface area contributed by atoms with E-state index in [-0.39, 0.29) is 5.56 Å². The van der Waals surface area contributed by atoms with E-state index in [0.717, 1.165) is 44.8 Å². The first-order valence-corrected chi connectivity index (χ1v) is 8.73. The molecule has 0 saturated carbocycles. The minimum Gasteiger partial charge on any atom is -0.492 e. The summed E-state index contributed by atoms with van der Waals surface area (Å²) in [7, 11) is 0. The number of aromatic amines is 1. The van der Waals surface area contributed by atoms with Crippen molar-refractivity contribution in [2.24, 2.45) is 0 Å². The predicted octanol–water partition coefficient (Wildman–Crippen LogP) is 3.25. The standard InChI is InChI=1S/C20H26N2O2/c1-15-3-4-19(16(2)13-15)24-12-11-22-9-6-17(7-10-22)18-5-8-21-20(23)14-18/h3-5,8,13-14,17H,6-7,9-12H2,1-2H3,(H,21,23). The molecule has 1 aromatic carbocycles. The number of ether oxygens (including phenoxy) is 1. The number of rotatable bonds is 5. The average Bonchev–Trinajstić information content (AvgIpc) is 2.57. The molecule has 4 heteroatoms. The summed E-state index contributed by atoms with van der Waals surface area (Å²) < 4.78 is 5.93. The summed E-state index contributed by atoms with van der Waals surface area (Å²) in [6, 6.07) is 10.1. The van der Waals surface area contributed by atoms with Crippen LogP contribution >= 0.6 is 0 Å². The molecule has 0 bridgehead atoms. The first-order valence-electron chi connectivity index (χ1n) is 8.73. The van der Waals surface area contributed by atoms with Crippen LogP contribution in [0.3, 0.4) is 0 Å². The molecule has 0 radical (unpaired) electrons. The second kappa shape index (κ2) is 7.67. The molecular formula is C20H26N2O2. The van der Waals surface area contributed by atoms with Gasteiger partial charge < -0.3 is 9.72 Å². The molecule has 0 atom stereocenters. The smallest absolute Gasteiger partial charge is 0.248 e. The van der Waals surface area contributed by atoms with Crippen molar-refractivity contribution in [1.82, 2.24) is 9.88 Å². The van der Waals surface area contributed by atoms with Gasteiger partial charge in [-0.25, -0.2) is 0 Å². The van der Waals surface area contributed by atoms with Crippen LogP contribution in [0.25, 0.3) is 0 Å². The zero-order valence-electron chi connectivity index (χ0n) is 14.5. The van der Waals surface area contributed by atoms with Crippen LogP contribution in [0.1, 0.15) is 35.4 Å². The van der Waals surface area contributed by atoms with Crippen LogP contribution in [0, 0.1) is 13.8 Å². The highest BCUT2D eigenvalue weighted by Gasteiger charge is 2.20. The Labute approximate surface area is 143 Å². The van der Waals surface area contributed by atoms with Gasteiger partial charge in [0.05, 0.1) is 0 Å². The van der Waals surface area contributed by atoms with E-state index in [0.29, 0.717) is 5.92 Å². The number of piperidine rings is 1. The van der Waals surface area contributed by atoms with Crippen molar-refractivity contribution in [2.45, 2.75) is 32.6 Å². The number of hydrogen-bond acceptors (Lipinski definition) is 3. The van der Waals surface area contributed by atoms with E-state index in [1.807, 2.05) is 6.07 Å². The van der Waals surface area contributed by atoms with E-state index < -0.39 is 0 Å². The molecule has 0 amide bonds. The van der Waals surface area contributed by atoms with Crippen LogP contribution in [0.5, 0.6) is 5.75 Å². The minimum absolute atomic E-state index is 0.00297. The lowest BCUT2D eigenvalue weighted by molar-refractivity contribution is 0.173. The Morgan fingerprint density at radius 3 is 2.67 bits per heavy atom. The van der Waals surface area contributed by atoms with Gasteiger partial charge in [-0.3, -0.25) is 9.69 Å². The Morgan fingerprint density at radius 1 is 1.17 bits per heavy atom. The lowest BCUT2D eigenvalue weighted by Crippen LogP contribution is -2.36. The fourth-order valence-corrected chi connectivity index (χ4v) is 3.45. The van der Waals surface area contributed by atoms with E-state index in [9.17, 15) is 4.79 Å². The van der Waals surface area contributed by atoms with Gasteiger partial charge in [0.2, 0.25) is 5.56 Å². The molecule has 0 aliphatic carbocycles. The van der Waals surface area contributed by atoms with Gasteiger partial charge in [0, 0.05) is 18.8 Å². The largest absolute Gasteiger partial charge is 0.492 e. The molecule has 2 aromatic rings. The van der Waals surface area contributed by atoms with Crippen LogP contribution in [0.4, 0.5) is 0 Å². The highest BCUT2D eigenvalue weighted by atomic mass is 16.5. The maximum absolute atomic E-state index is 11.4. The van der Waals surface area contributed by atoms with Crippen molar-refractivity contribution in [3.05, 3.63) is 63.6 Å². The summed E-state index contributed by atoms with van der Waals surface area (Å²) in [5, 5.41) is 0. The topological polar surface area (TPSA) is 45.3 Å². The molecule has 128 valence electrons. The second-order valence-electron chi connectivity index (χ2n) is 6.72. The zero-order valence-corrected chi connectivity index (χ0v) is 14.5. The molecule has 0 unspecified atom stereocenters. The number of likely N-dealkylation sites (tertiary alicyclic amines) is 1. The van der Waals surface area contributed by atoms with Crippen LogP contribution in [-0.2, 0) is 0 Å². The van der Waals surface area contributed by atoms with Crippen molar-refractivity contribution in [1.29, 1.82) is 0 Å². The molecule has 0 spiro atoms. The molecule has 2 heterocycles. The molecule has 1 saturated heterocycles. The minimum atomic E-state index is -0.00297. The summed E-state index contributed by atoms with van der Waals surface area (Å²) >= 11 is 0. The number of hydrogen-bond donors (Lipinski definition) is 1. The van der Waals surface area contributed by atoms with Crippen molar-refractivity contribution >= 4 is 0 Å². The number of aryl methyl sites for hydroxylation is 2. The molecule has 1 N–H and O–H groups in total. The Kier molecular flexibility index (Phi) is 5.36. The fraction of sp³-hybridized carbons (Fsp3) is 0.450. The van der Waals surface area contributed by atoms with Crippen molar-refractivity contribution < 1.29 is 4.74 Å². The fourth-order valence-electron chi connectivity index (χ4n) is 3.45.